The average molecular weight is 252 g/mol. The molecule has 1 aromatic carbocycles. The number of ether oxygens (including phenoxy) is 1. The molecule has 1 atom stereocenters. The van der Waals surface area contributed by atoms with Gasteiger partial charge in [0, 0.05) is 19.7 Å². The van der Waals surface area contributed by atoms with Crippen LogP contribution in [0.4, 0.5) is 9.18 Å². The molecule has 0 saturated carbocycles. The average Bonchev–Trinajstić information content (AvgIpc) is 2.81. The summed E-state index contributed by atoms with van der Waals surface area (Å²) >= 11 is 0. The monoisotopic (exact) mass is 252 g/mol. The minimum atomic E-state index is -0.505. The van der Waals surface area contributed by atoms with Crippen LogP contribution in [0.3, 0.4) is 0 Å². The summed E-state index contributed by atoms with van der Waals surface area (Å²) in [6, 6.07) is 5.67. The van der Waals surface area contributed by atoms with E-state index < -0.39 is 6.03 Å². The number of primary amides is 1. The highest BCUT2D eigenvalue weighted by Crippen LogP contribution is 2.15. The second-order valence-electron chi connectivity index (χ2n) is 4.48. The van der Waals surface area contributed by atoms with E-state index in [9.17, 15) is 9.18 Å². The number of hydrogen-bond donors (Lipinski definition) is 1. The van der Waals surface area contributed by atoms with Gasteiger partial charge < -0.3 is 15.4 Å². The maximum atomic E-state index is 13.1. The molecule has 1 saturated heterocycles. The van der Waals surface area contributed by atoms with Crippen molar-refractivity contribution < 1.29 is 13.9 Å². The number of nitrogens with two attached hydrogens (primary N) is 1. The summed E-state index contributed by atoms with van der Waals surface area (Å²) in [6.07, 6.45) is 2.00. The molecule has 0 aliphatic carbocycles. The van der Waals surface area contributed by atoms with Crippen molar-refractivity contribution in [3.8, 4) is 0 Å². The van der Waals surface area contributed by atoms with E-state index in [1.54, 1.807) is 12.1 Å². The molecule has 1 aromatic rings. The lowest BCUT2D eigenvalue weighted by Crippen LogP contribution is -2.40. The van der Waals surface area contributed by atoms with E-state index >= 15 is 0 Å². The lowest BCUT2D eigenvalue weighted by atomic mass is 10.2. The first-order chi connectivity index (χ1) is 8.65. The Bertz CT molecular complexity index is 419. The fourth-order valence-corrected chi connectivity index (χ4v) is 2.12. The standard InChI is InChI=1S/C13H17FN2O2/c14-11-4-1-3-10(7-11)8-16(13(15)17)9-12-5-2-6-18-12/h1,3-4,7,12H,2,5-6,8-9H2,(H2,15,17). The van der Waals surface area contributed by atoms with Gasteiger partial charge in [-0.15, -0.1) is 0 Å². The van der Waals surface area contributed by atoms with Crippen LogP contribution in [0.2, 0.25) is 0 Å². The largest absolute Gasteiger partial charge is 0.376 e. The van der Waals surface area contributed by atoms with Gasteiger partial charge in [-0.3, -0.25) is 0 Å². The zero-order chi connectivity index (χ0) is 13.0. The van der Waals surface area contributed by atoms with Crippen LogP contribution in [0, 0.1) is 5.82 Å². The highest BCUT2D eigenvalue weighted by Gasteiger charge is 2.21. The summed E-state index contributed by atoms with van der Waals surface area (Å²) in [7, 11) is 0. The van der Waals surface area contributed by atoms with Gasteiger partial charge in [0.25, 0.3) is 0 Å². The van der Waals surface area contributed by atoms with Gasteiger partial charge in [0.05, 0.1) is 6.10 Å². The Morgan fingerprint density at radius 2 is 2.39 bits per heavy atom. The maximum Gasteiger partial charge on any atom is 0.315 e. The first kappa shape index (κ1) is 12.8. The van der Waals surface area contributed by atoms with Crippen LogP contribution in [0.15, 0.2) is 24.3 Å². The van der Waals surface area contributed by atoms with E-state index in [2.05, 4.69) is 0 Å². The van der Waals surface area contributed by atoms with Crippen LogP contribution in [0.5, 0.6) is 0 Å². The number of benzene rings is 1. The topological polar surface area (TPSA) is 55.6 Å². The van der Waals surface area contributed by atoms with Crippen LogP contribution in [0.1, 0.15) is 18.4 Å². The number of rotatable bonds is 4. The number of amides is 2. The van der Waals surface area contributed by atoms with Gasteiger partial charge in [-0.2, -0.15) is 0 Å². The Hall–Kier alpha value is -1.62. The Kier molecular flexibility index (Phi) is 4.15. The molecule has 0 spiro atoms. The molecular formula is C13H17FN2O2. The van der Waals surface area contributed by atoms with Crippen molar-refractivity contribution in [1.29, 1.82) is 0 Å². The van der Waals surface area contributed by atoms with Gasteiger partial charge in [-0.05, 0) is 30.5 Å². The molecule has 5 heteroatoms. The molecule has 2 rings (SSSR count). The third-order valence-electron chi connectivity index (χ3n) is 3.02. The molecule has 2 amide bonds. The van der Waals surface area contributed by atoms with Crippen LogP contribution in [-0.4, -0.2) is 30.2 Å². The second kappa shape index (κ2) is 5.82. The Balaban J connectivity index is 1.99. The predicted molar refractivity (Wildman–Crippen MR) is 65.4 cm³/mol. The van der Waals surface area contributed by atoms with E-state index in [0.29, 0.717) is 13.1 Å². The van der Waals surface area contributed by atoms with E-state index in [0.717, 1.165) is 25.0 Å². The van der Waals surface area contributed by atoms with Gasteiger partial charge in [0.15, 0.2) is 0 Å². The molecule has 1 fully saturated rings. The molecule has 98 valence electrons. The Morgan fingerprint density at radius 1 is 1.56 bits per heavy atom. The van der Waals surface area contributed by atoms with Gasteiger partial charge in [-0.25, -0.2) is 9.18 Å². The van der Waals surface area contributed by atoms with E-state index in [1.807, 2.05) is 0 Å². The quantitative estimate of drug-likeness (QED) is 0.889. The molecule has 1 aliphatic heterocycles. The smallest absolute Gasteiger partial charge is 0.315 e. The van der Waals surface area contributed by atoms with E-state index in [1.165, 1.54) is 17.0 Å². The highest BCUT2D eigenvalue weighted by atomic mass is 19.1. The first-order valence-electron chi connectivity index (χ1n) is 6.05. The summed E-state index contributed by atoms with van der Waals surface area (Å²) in [6.45, 7) is 1.51. The van der Waals surface area contributed by atoms with E-state index in [-0.39, 0.29) is 11.9 Å². The van der Waals surface area contributed by atoms with Gasteiger partial charge >= 0.3 is 6.03 Å². The minimum Gasteiger partial charge on any atom is -0.376 e. The molecule has 4 nitrogen and oxygen atoms in total. The summed E-state index contributed by atoms with van der Waals surface area (Å²) < 4.78 is 18.5. The Labute approximate surface area is 106 Å². The van der Waals surface area contributed by atoms with Crippen LogP contribution in [-0.2, 0) is 11.3 Å². The molecule has 0 radical (unpaired) electrons. The number of halogens is 1. The van der Waals surface area contributed by atoms with Gasteiger partial charge in [0.1, 0.15) is 5.82 Å². The van der Waals surface area contributed by atoms with E-state index in [4.69, 9.17) is 10.5 Å². The van der Waals surface area contributed by atoms with Crippen LogP contribution in [0.25, 0.3) is 0 Å². The molecule has 1 aliphatic rings. The van der Waals surface area contributed by atoms with Crippen molar-refractivity contribution in [1.82, 2.24) is 4.90 Å². The minimum absolute atomic E-state index is 0.0473. The predicted octanol–water partition coefficient (Wildman–Crippen LogP) is 1.89. The van der Waals surface area contributed by atoms with Crippen molar-refractivity contribution in [2.24, 2.45) is 5.73 Å². The third-order valence-corrected chi connectivity index (χ3v) is 3.02. The third kappa shape index (κ3) is 3.43. The zero-order valence-corrected chi connectivity index (χ0v) is 10.1. The number of urea groups is 1. The summed E-state index contributed by atoms with van der Waals surface area (Å²) in [5, 5.41) is 0. The lowest BCUT2D eigenvalue weighted by Gasteiger charge is -2.23. The lowest BCUT2D eigenvalue weighted by molar-refractivity contribution is 0.0811. The number of hydrogen-bond acceptors (Lipinski definition) is 2. The van der Waals surface area contributed by atoms with Gasteiger partial charge in [-0.1, -0.05) is 12.1 Å². The molecule has 1 unspecified atom stereocenters. The van der Waals surface area contributed by atoms with Crippen molar-refractivity contribution >= 4 is 6.03 Å². The maximum absolute atomic E-state index is 13.1. The van der Waals surface area contributed by atoms with Gasteiger partial charge in [0.2, 0.25) is 0 Å². The summed E-state index contributed by atoms with van der Waals surface area (Å²) in [5.74, 6) is -0.311. The fourth-order valence-electron chi connectivity index (χ4n) is 2.12. The molecule has 18 heavy (non-hydrogen) atoms. The first-order valence-corrected chi connectivity index (χ1v) is 6.05. The molecular weight excluding hydrogens is 235 g/mol. The second-order valence-corrected chi connectivity index (χ2v) is 4.48. The summed E-state index contributed by atoms with van der Waals surface area (Å²) in [5.41, 5.74) is 6.07. The number of nitrogens with zero attached hydrogens (tertiary/aromatic N) is 1. The summed E-state index contributed by atoms with van der Waals surface area (Å²) in [4.78, 5) is 12.9. The van der Waals surface area contributed by atoms with Crippen LogP contribution < -0.4 is 5.73 Å². The SMILES string of the molecule is NC(=O)N(Cc1cccc(F)c1)CC1CCCO1. The van der Waals surface area contributed by atoms with Crippen molar-refractivity contribution in [3.05, 3.63) is 35.6 Å². The highest BCUT2D eigenvalue weighted by molar-refractivity contribution is 5.72. The fraction of sp³-hybridized carbons (Fsp3) is 0.462. The number of carbonyl (C=O) groups excluding carboxylic acids is 1. The molecule has 0 bridgehead atoms. The van der Waals surface area contributed by atoms with Crippen LogP contribution >= 0.6 is 0 Å². The van der Waals surface area contributed by atoms with Crippen molar-refractivity contribution in [3.63, 3.8) is 0 Å². The molecule has 0 aromatic heterocycles. The molecule has 1 heterocycles. The Morgan fingerprint density at radius 3 is 3.00 bits per heavy atom. The molecule has 2 N–H and O–H groups in total. The number of carbonyl (C=O) groups is 1. The van der Waals surface area contributed by atoms with Crippen molar-refractivity contribution in [2.45, 2.75) is 25.5 Å². The zero-order valence-electron chi connectivity index (χ0n) is 10.1. The van der Waals surface area contributed by atoms with Crippen molar-refractivity contribution in [2.75, 3.05) is 13.2 Å². The normalized spacial score (nSPS) is 18.8.